The molecule has 0 aromatic heterocycles. The molecular formula is C9H19N. The Bertz CT molecular complexity index is 88.9. The van der Waals surface area contributed by atoms with Crippen molar-refractivity contribution in [3.8, 4) is 0 Å². The van der Waals surface area contributed by atoms with Crippen LogP contribution in [0.5, 0.6) is 0 Å². The van der Waals surface area contributed by atoms with E-state index in [1.165, 1.54) is 19.3 Å². The lowest BCUT2D eigenvalue weighted by molar-refractivity contribution is 0.414. The maximum Gasteiger partial charge on any atom is 0.00948 e. The van der Waals surface area contributed by atoms with Crippen LogP contribution in [0.15, 0.2) is 0 Å². The van der Waals surface area contributed by atoms with E-state index in [0.29, 0.717) is 0 Å². The van der Waals surface area contributed by atoms with Gasteiger partial charge in [-0.15, -0.1) is 0 Å². The van der Waals surface area contributed by atoms with Gasteiger partial charge in [-0.1, -0.05) is 20.3 Å². The summed E-state index contributed by atoms with van der Waals surface area (Å²) in [4.78, 5) is 0. The summed E-state index contributed by atoms with van der Waals surface area (Å²) in [6, 6.07) is 0.806. The van der Waals surface area contributed by atoms with Gasteiger partial charge >= 0.3 is 0 Å². The minimum Gasteiger partial charge on any atom is -0.317 e. The average molecular weight is 141 g/mol. The van der Waals surface area contributed by atoms with E-state index in [1.54, 1.807) is 0 Å². The highest BCUT2D eigenvalue weighted by molar-refractivity contribution is 4.84. The molecule has 0 radical (unpaired) electrons. The molecule has 1 saturated carbocycles. The molecule has 3 unspecified atom stereocenters. The summed E-state index contributed by atoms with van der Waals surface area (Å²) in [5.41, 5.74) is 0. The van der Waals surface area contributed by atoms with E-state index in [9.17, 15) is 0 Å². The van der Waals surface area contributed by atoms with Crippen molar-refractivity contribution in [1.29, 1.82) is 0 Å². The van der Waals surface area contributed by atoms with Crippen molar-refractivity contribution in [2.75, 3.05) is 7.05 Å². The van der Waals surface area contributed by atoms with Crippen LogP contribution < -0.4 is 5.32 Å². The number of nitrogens with one attached hydrogen (secondary N) is 1. The highest BCUT2D eigenvalue weighted by atomic mass is 14.9. The van der Waals surface area contributed by atoms with Gasteiger partial charge in [0.15, 0.2) is 0 Å². The smallest absolute Gasteiger partial charge is 0.00948 e. The predicted molar refractivity (Wildman–Crippen MR) is 45.0 cm³/mol. The van der Waals surface area contributed by atoms with Gasteiger partial charge < -0.3 is 5.32 Å². The number of hydrogen-bond acceptors (Lipinski definition) is 1. The second-order valence-electron chi connectivity index (χ2n) is 3.64. The van der Waals surface area contributed by atoms with Crippen LogP contribution in [0.4, 0.5) is 0 Å². The Morgan fingerprint density at radius 1 is 1.40 bits per heavy atom. The average Bonchev–Trinajstić information content (AvgIpc) is 2.30. The lowest BCUT2D eigenvalue weighted by Gasteiger charge is -2.15. The molecular weight excluding hydrogens is 122 g/mol. The maximum atomic E-state index is 3.40. The minimum absolute atomic E-state index is 0.806. The van der Waals surface area contributed by atoms with E-state index in [1.807, 2.05) is 0 Å². The third kappa shape index (κ3) is 1.51. The maximum absolute atomic E-state index is 3.40. The van der Waals surface area contributed by atoms with Crippen LogP contribution in [-0.4, -0.2) is 13.1 Å². The molecule has 1 heteroatoms. The molecule has 1 fully saturated rings. The van der Waals surface area contributed by atoms with Gasteiger partial charge in [0.2, 0.25) is 0 Å². The van der Waals surface area contributed by atoms with Gasteiger partial charge in [0, 0.05) is 6.04 Å². The van der Waals surface area contributed by atoms with Crippen LogP contribution >= 0.6 is 0 Å². The van der Waals surface area contributed by atoms with Gasteiger partial charge in [-0.2, -0.15) is 0 Å². The molecule has 3 atom stereocenters. The summed E-state index contributed by atoms with van der Waals surface area (Å²) in [5, 5.41) is 3.40. The van der Waals surface area contributed by atoms with Gasteiger partial charge in [-0.25, -0.2) is 0 Å². The predicted octanol–water partition coefficient (Wildman–Crippen LogP) is 2.03. The number of hydrogen-bond donors (Lipinski definition) is 1. The first-order chi connectivity index (χ1) is 4.77. The molecule has 0 aromatic rings. The lowest BCUT2D eigenvalue weighted by atomic mass is 10.0. The standard InChI is InChI=1S/C9H19N/c1-4-8-5-7(2)6-9(8)10-3/h7-10H,4-6H2,1-3H3. The molecule has 1 rings (SSSR count). The summed E-state index contributed by atoms with van der Waals surface area (Å²) < 4.78 is 0. The van der Waals surface area contributed by atoms with Crippen molar-refractivity contribution in [2.45, 2.75) is 39.2 Å². The Hall–Kier alpha value is -0.0400. The first-order valence-corrected chi connectivity index (χ1v) is 4.45. The highest BCUT2D eigenvalue weighted by Gasteiger charge is 2.28. The second-order valence-corrected chi connectivity index (χ2v) is 3.64. The van der Waals surface area contributed by atoms with Crippen LogP contribution in [-0.2, 0) is 0 Å². The van der Waals surface area contributed by atoms with Gasteiger partial charge in [0.05, 0.1) is 0 Å². The molecule has 0 saturated heterocycles. The van der Waals surface area contributed by atoms with E-state index in [0.717, 1.165) is 17.9 Å². The molecule has 0 amide bonds. The molecule has 0 aromatic carbocycles. The number of rotatable bonds is 2. The van der Waals surface area contributed by atoms with Crippen LogP contribution in [0.1, 0.15) is 33.1 Å². The van der Waals surface area contributed by atoms with Gasteiger partial charge in [0.1, 0.15) is 0 Å². The van der Waals surface area contributed by atoms with E-state index in [-0.39, 0.29) is 0 Å². The molecule has 1 nitrogen and oxygen atoms in total. The summed E-state index contributed by atoms with van der Waals surface area (Å²) in [5.74, 6) is 1.89. The summed E-state index contributed by atoms with van der Waals surface area (Å²) in [6.45, 7) is 4.66. The Labute approximate surface area is 64.2 Å². The van der Waals surface area contributed by atoms with Crippen LogP contribution in [0.2, 0.25) is 0 Å². The topological polar surface area (TPSA) is 12.0 Å². The fourth-order valence-electron chi connectivity index (χ4n) is 2.21. The first-order valence-electron chi connectivity index (χ1n) is 4.45. The third-order valence-electron chi connectivity index (χ3n) is 2.83. The molecule has 0 heterocycles. The van der Waals surface area contributed by atoms with Crippen LogP contribution in [0.25, 0.3) is 0 Å². The highest BCUT2D eigenvalue weighted by Crippen LogP contribution is 2.32. The summed E-state index contributed by atoms with van der Waals surface area (Å²) in [6.07, 6.45) is 4.16. The summed E-state index contributed by atoms with van der Waals surface area (Å²) in [7, 11) is 2.09. The molecule has 0 bridgehead atoms. The molecule has 10 heavy (non-hydrogen) atoms. The van der Waals surface area contributed by atoms with Crippen molar-refractivity contribution in [2.24, 2.45) is 11.8 Å². The molecule has 60 valence electrons. The van der Waals surface area contributed by atoms with Crippen molar-refractivity contribution in [1.82, 2.24) is 5.32 Å². The SMILES string of the molecule is CCC1CC(C)CC1NC. The zero-order chi connectivity index (χ0) is 7.56. The van der Waals surface area contributed by atoms with Gasteiger partial charge in [-0.3, -0.25) is 0 Å². The molecule has 1 aliphatic carbocycles. The fraction of sp³-hybridized carbons (Fsp3) is 1.00. The first kappa shape index (κ1) is 8.06. The molecule has 1 N–H and O–H groups in total. The molecule has 1 aliphatic rings. The minimum atomic E-state index is 0.806. The van der Waals surface area contributed by atoms with Gasteiger partial charge in [-0.05, 0) is 31.7 Å². The van der Waals surface area contributed by atoms with E-state index >= 15 is 0 Å². The van der Waals surface area contributed by atoms with Crippen molar-refractivity contribution >= 4 is 0 Å². The van der Waals surface area contributed by atoms with E-state index in [2.05, 4.69) is 26.2 Å². The quantitative estimate of drug-likeness (QED) is 0.620. The Balaban J connectivity index is 2.41. The zero-order valence-electron chi connectivity index (χ0n) is 7.35. The molecule has 0 aliphatic heterocycles. The Kier molecular flexibility index (Phi) is 2.72. The zero-order valence-corrected chi connectivity index (χ0v) is 7.35. The van der Waals surface area contributed by atoms with Crippen molar-refractivity contribution in [3.63, 3.8) is 0 Å². The van der Waals surface area contributed by atoms with Crippen molar-refractivity contribution in [3.05, 3.63) is 0 Å². The lowest BCUT2D eigenvalue weighted by Crippen LogP contribution is -2.28. The Morgan fingerprint density at radius 2 is 2.10 bits per heavy atom. The largest absolute Gasteiger partial charge is 0.317 e. The van der Waals surface area contributed by atoms with Crippen LogP contribution in [0, 0.1) is 11.8 Å². The van der Waals surface area contributed by atoms with E-state index < -0.39 is 0 Å². The monoisotopic (exact) mass is 141 g/mol. The van der Waals surface area contributed by atoms with E-state index in [4.69, 9.17) is 0 Å². The molecule has 0 spiro atoms. The fourth-order valence-corrected chi connectivity index (χ4v) is 2.21. The Morgan fingerprint density at radius 3 is 2.50 bits per heavy atom. The normalized spacial score (nSPS) is 40.5. The summed E-state index contributed by atoms with van der Waals surface area (Å²) >= 11 is 0. The van der Waals surface area contributed by atoms with Crippen molar-refractivity contribution < 1.29 is 0 Å². The van der Waals surface area contributed by atoms with Crippen LogP contribution in [0.3, 0.4) is 0 Å². The van der Waals surface area contributed by atoms with Gasteiger partial charge in [0.25, 0.3) is 0 Å². The second kappa shape index (κ2) is 3.38. The third-order valence-corrected chi connectivity index (χ3v) is 2.83.